The number of pyridine rings is 1. The number of nitrogens with one attached hydrogen (secondary N) is 2. The van der Waals surface area contributed by atoms with E-state index in [-0.39, 0.29) is 24.0 Å². The lowest BCUT2D eigenvalue weighted by atomic mass is 10.2. The summed E-state index contributed by atoms with van der Waals surface area (Å²) in [7, 11) is 0. The van der Waals surface area contributed by atoms with Gasteiger partial charge in [-0.3, -0.25) is 4.90 Å². The Kier molecular flexibility index (Phi) is 11.1. The first-order valence-electron chi connectivity index (χ1n) is 9.74. The summed E-state index contributed by atoms with van der Waals surface area (Å²) in [5.41, 5.74) is 1.10. The van der Waals surface area contributed by atoms with Crippen molar-refractivity contribution in [3.8, 4) is 5.82 Å². The van der Waals surface area contributed by atoms with Crippen molar-refractivity contribution >= 4 is 29.9 Å². The van der Waals surface area contributed by atoms with Gasteiger partial charge in [-0.15, -0.1) is 24.0 Å². The summed E-state index contributed by atoms with van der Waals surface area (Å²) in [6.45, 7) is 14.3. The van der Waals surface area contributed by atoms with Crippen LogP contribution >= 0.6 is 24.0 Å². The molecule has 2 aromatic heterocycles. The first kappa shape index (κ1) is 24.4. The van der Waals surface area contributed by atoms with Crippen LogP contribution in [0.15, 0.2) is 41.8 Å². The van der Waals surface area contributed by atoms with Crippen molar-refractivity contribution in [3.63, 3.8) is 0 Å². The summed E-state index contributed by atoms with van der Waals surface area (Å²) in [5.74, 6) is 1.64. The van der Waals surface area contributed by atoms with Gasteiger partial charge >= 0.3 is 0 Å². The number of hydrogen-bond acceptors (Lipinski definition) is 4. The molecule has 0 bridgehead atoms. The standard InChI is InChI=1S/C20H33N7.HI/c1-6-21-20(23-11-13-26(16(2)3)17(4)5)24-15-18-8-10-22-19(14-18)27-12-7-9-25-27;/h7-10,12,14,16-17H,6,11,13,15H2,1-5H3,(H2,21,23,24);1H. The molecule has 0 aromatic carbocycles. The molecule has 2 heterocycles. The molecule has 0 unspecified atom stereocenters. The Bertz CT molecular complexity index is 690. The summed E-state index contributed by atoms with van der Waals surface area (Å²) in [5, 5.41) is 11.0. The van der Waals surface area contributed by atoms with E-state index in [1.807, 2.05) is 24.4 Å². The molecule has 2 rings (SSSR count). The van der Waals surface area contributed by atoms with Gasteiger partial charge in [0.1, 0.15) is 0 Å². The summed E-state index contributed by atoms with van der Waals surface area (Å²) < 4.78 is 1.75. The van der Waals surface area contributed by atoms with Crippen LogP contribution in [0, 0.1) is 0 Å². The fraction of sp³-hybridized carbons (Fsp3) is 0.550. The smallest absolute Gasteiger partial charge is 0.191 e. The second-order valence-corrected chi connectivity index (χ2v) is 7.02. The van der Waals surface area contributed by atoms with Crippen LogP contribution in [0.5, 0.6) is 0 Å². The van der Waals surface area contributed by atoms with Gasteiger partial charge in [-0.1, -0.05) is 0 Å². The minimum Gasteiger partial charge on any atom is -0.357 e. The van der Waals surface area contributed by atoms with Crippen molar-refractivity contribution in [3.05, 3.63) is 42.4 Å². The van der Waals surface area contributed by atoms with Gasteiger partial charge in [-0.2, -0.15) is 5.10 Å². The number of aromatic nitrogens is 3. The monoisotopic (exact) mass is 499 g/mol. The maximum atomic E-state index is 4.71. The Hall–Kier alpha value is -1.68. The fourth-order valence-electron chi connectivity index (χ4n) is 3.02. The Morgan fingerprint density at radius 1 is 1.18 bits per heavy atom. The molecule has 0 saturated carbocycles. The molecule has 0 amide bonds. The van der Waals surface area contributed by atoms with E-state index in [9.17, 15) is 0 Å². The average molecular weight is 499 g/mol. The van der Waals surface area contributed by atoms with Crippen LogP contribution in [0.25, 0.3) is 5.82 Å². The van der Waals surface area contributed by atoms with E-state index in [1.165, 1.54) is 0 Å². The zero-order chi connectivity index (χ0) is 19.6. The van der Waals surface area contributed by atoms with E-state index >= 15 is 0 Å². The highest BCUT2D eigenvalue weighted by atomic mass is 127. The van der Waals surface area contributed by atoms with Crippen LogP contribution in [0.1, 0.15) is 40.2 Å². The molecule has 0 radical (unpaired) electrons. The molecular formula is C20H34IN7. The van der Waals surface area contributed by atoms with E-state index in [0.29, 0.717) is 18.6 Å². The molecule has 0 fully saturated rings. The summed E-state index contributed by atoms with van der Waals surface area (Å²) in [4.78, 5) is 11.5. The first-order chi connectivity index (χ1) is 13.0. The van der Waals surface area contributed by atoms with E-state index in [1.54, 1.807) is 17.1 Å². The molecule has 0 saturated heterocycles. The van der Waals surface area contributed by atoms with E-state index < -0.39 is 0 Å². The number of aliphatic imine (C=N–C) groups is 1. The van der Waals surface area contributed by atoms with Crippen molar-refractivity contribution in [2.24, 2.45) is 4.99 Å². The molecule has 2 N–H and O–H groups in total. The molecule has 7 nitrogen and oxygen atoms in total. The van der Waals surface area contributed by atoms with E-state index in [4.69, 9.17) is 4.99 Å². The molecular weight excluding hydrogens is 465 g/mol. The minimum absolute atomic E-state index is 0. The number of guanidine groups is 1. The van der Waals surface area contributed by atoms with Gasteiger partial charge < -0.3 is 10.6 Å². The third-order valence-electron chi connectivity index (χ3n) is 4.30. The van der Waals surface area contributed by atoms with Crippen molar-refractivity contribution in [1.82, 2.24) is 30.3 Å². The summed E-state index contributed by atoms with van der Waals surface area (Å²) in [6.07, 6.45) is 5.43. The highest BCUT2D eigenvalue weighted by molar-refractivity contribution is 14.0. The lowest BCUT2D eigenvalue weighted by Gasteiger charge is -2.30. The lowest BCUT2D eigenvalue weighted by Crippen LogP contribution is -2.45. The van der Waals surface area contributed by atoms with Gasteiger partial charge in [0, 0.05) is 50.3 Å². The maximum absolute atomic E-state index is 4.71. The topological polar surface area (TPSA) is 70.4 Å². The molecule has 0 atom stereocenters. The van der Waals surface area contributed by atoms with Crippen LogP contribution in [0.2, 0.25) is 0 Å². The zero-order valence-corrected chi connectivity index (χ0v) is 19.9. The van der Waals surface area contributed by atoms with E-state index in [2.05, 4.69) is 60.2 Å². The highest BCUT2D eigenvalue weighted by Crippen LogP contribution is 2.07. The number of nitrogens with zero attached hydrogens (tertiary/aromatic N) is 5. The second-order valence-electron chi connectivity index (χ2n) is 7.02. The normalized spacial score (nSPS) is 11.8. The van der Waals surface area contributed by atoms with E-state index in [0.717, 1.165) is 37.0 Å². The summed E-state index contributed by atoms with van der Waals surface area (Å²) >= 11 is 0. The molecule has 0 spiro atoms. The van der Waals surface area contributed by atoms with Gasteiger partial charge in [0.25, 0.3) is 0 Å². The van der Waals surface area contributed by atoms with Crippen LogP contribution < -0.4 is 10.6 Å². The molecule has 0 aliphatic carbocycles. The number of halogens is 1. The van der Waals surface area contributed by atoms with Gasteiger partial charge in [-0.25, -0.2) is 14.7 Å². The van der Waals surface area contributed by atoms with Gasteiger partial charge in [0.2, 0.25) is 0 Å². The van der Waals surface area contributed by atoms with Gasteiger partial charge in [0.05, 0.1) is 6.54 Å². The quantitative estimate of drug-likeness (QED) is 0.316. The third-order valence-corrected chi connectivity index (χ3v) is 4.30. The van der Waals surface area contributed by atoms with Crippen molar-refractivity contribution in [1.29, 1.82) is 0 Å². The average Bonchev–Trinajstić information content (AvgIpc) is 3.17. The molecule has 156 valence electrons. The zero-order valence-electron chi connectivity index (χ0n) is 17.6. The summed E-state index contributed by atoms with van der Waals surface area (Å²) in [6, 6.07) is 6.95. The first-order valence-corrected chi connectivity index (χ1v) is 9.74. The predicted octanol–water partition coefficient (Wildman–Crippen LogP) is 3.06. The van der Waals surface area contributed by atoms with Crippen LogP contribution in [0.3, 0.4) is 0 Å². The minimum atomic E-state index is 0. The molecule has 28 heavy (non-hydrogen) atoms. The largest absolute Gasteiger partial charge is 0.357 e. The molecule has 0 aliphatic rings. The molecule has 0 aliphatic heterocycles. The third kappa shape index (κ3) is 7.75. The Morgan fingerprint density at radius 2 is 1.93 bits per heavy atom. The lowest BCUT2D eigenvalue weighted by molar-refractivity contribution is 0.178. The van der Waals surface area contributed by atoms with Crippen LogP contribution in [0.4, 0.5) is 0 Å². The maximum Gasteiger partial charge on any atom is 0.191 e. The SMILES string of the molecule is CCNC(=NCc1ccnc(-n2cccn2)c1)NCCN(C(C)C)C(C)C.I. The van der Waals surface area contributed by atoms with Gasteiger partial charge in [-0.05, 0) is 58.4 Å². The highest BCUT2D eigenvalue weighted by Gasteiger charge is 2.12. The second kappa shape index (κ2) is 12.7. The molecule has 2 aromatic rings. The Balaban J connectivity index is 0.00000392. The van der Waals surface area contributed by atoms with Crippen LogP contribution in [-0.4, -0.2) is 57.3 Å². The van der Waals surface area contributed by atoms with Gasteiger partial charge in [0.15, 0.2) is 11.8 Å². The van der Waals surface area contributed by atoms with Crippen molar-refractivity contribution < 1.29 is 0 Å². The fourth-order valence-corrected chi connectivity index (χ4v) is 3.02. The predicted molar refractivity (Wildman–Crippen MR) is 127 cm³/mol. The molecule has 8 heteroatoms. The van der Waals surface area contributed by atoms with Crippen molar-refractivity contribution in [2.45, 2.75) is 53.2 Å². The Labute approximate surface area is 186 Å². The van der Waals surface area contributed by atoms with Crippen molar-refractivity contribution in [2.75, 3.05) is 19.6 Å². The number of rotatable bonds is 9. The Morgan fingerprint density at radius 3 is 2.54 bits per heavy atom. The number of hydrogen-bond donors (Lipinski definition) is 2. The van der Waals surface area contributed by atoms with Crippen LogP contribution in [-0.2, 0) is 6.54 Å².